The molecule has 0 saturated heterocycles. The van der Waals surface area contributed by atoms with Gasteiger partial charge in [-0.1, -0.05) is 0 Å². The lowest BCUT2D eigenvalue weighted by Crippen LogP contribution is -1.95. The second-order valence-corrected chi connectivity index (χ2v) is 3.70. The first-order valence-corrected chi connectivity index (χ1v) is 5.41. The largest absolute Gasteiger partial charge is 0.432 e. The van der Waals surface area contributed by atoms with Crippen molar-refractivity contribution in [2.45, 2.75) is 0 Å². The minimum atomic E-state index is -0.643. The highest BCUT2D eigenvalue weighted by molar-refractivity contribution is 5.74. The van der Waals surface area contributed by atoms with Gasteiger partial charge in [0.2, 0.25) is 11.6 Å². The molecule has 0 aliphatic rings. The zero-order chi connectivity index (χ0) is 14.5. The number of pyridine rings is 1. The molecule has 7 heteroatoms. The Morgan fingerprint density at radius 2 is 2.15 bits per heavy atom. The van der Waals surface area contributed by atoms with Gasteiger partial charge in [-0.15, -0.1) is 0 Å². The molecule has 2 rings (SSSR count). The molecule has 0 unspecified atom stereocenters. The third-order valence-corrected chi connectivity index (χ3v) is 2.39. The number of nitro groups is 1. The van der Waals surface area contributed by atoms with Crippen LogP contribution in [0.2, 0.25) is 0 Å². The zero-order valence-corrected chi connectivity index (χ0v) is 10.0. The van der Waals surface area contributed by atoms with Crippen LogP contribution >= 0.6 is 0 Å². The molecule has 0 fully saturated rings. The molecule has 2 aromatic rings. The minimum Gasteiger partial charge on any atom is -0.432 e. The van der Waals surface area contributed by atoms with Crippen molar-refractivity contribution < 1.29 is 14.5 Å². The Kier molecular flexibility index (Phi) is 3.67. The monoisotopic (exact) mass is 269 g/mol. The van der Waals surface area contributed by atoms with E-state index in [-0.39, 0.29) is 22.9 Å². The summed E-state index contributed by atoms with van der Waals surface area (Å²) in [4.78, 5) is 24.6. The van der Waals surface area contributed by atoms with Gasteiger partial charge in [0.15, 0.2) is 6.29 Å². The number of carbonyl (C=O) groups is 1. The molecule has 0 spiro atoms. The number of nitriles is 1. The third kappa shape index (κ3) is 2.76. The molecule has 0 N–H and O–H groups in total. The Hall–Kier alpha value is -3.27. The van der Waals surface area contributed by atoms with Crippen LogP contribution in [0.25, 0.3) is 0 Å². The molecule has 98 valence electrons. The van der Waals surface area contributed by atoms with Gasteiger partial charge >= 0.3 is 5.69 Å². The van der Waals surface area contributed by atoms with Crippen LogP contribution in [0, 0.1) is 21.4 Å². The van der Waals surface area contributed by atoms with Gasteiger partial charge in [-0.05, 0) is 18.2 Å². The second kappa shape index (κ2) is 5.58. The minimum absolute atomic E-state index is 0.0275. The lowest BCUT2D eigenvalue weighted by Gasteiger charge is -2.05. The van der Waals surface area contributed by atoms with E-state index < -0.39 is 4.92 Å². The average Bonchev–Trinajstić information content (AvgIpc) is 2.48. The lowest BCUT2D eigenvalue weighted by molar-refractivity contribution is -0.385. The van der Waals surface area contributed by atoms with E-state index in [1.807, 2.05) is 6.07 Å². The van der Waals surface area contributed by atoms with E-state index >= 15 is 0 Å². The summed E-state index contributed by atoms with van der Waals surface area (Å²) >= 11 is 0. The number of hydrogen-bond acceptors (Lipinski definition) is 6. The van der Waals surface area contributed by atoms with Crippen molar-refractivity contribution in [2.24, 2.45) is 0 Å². The molecule has 0 amide bonds. The summed E-state index contributed by atoms with van der Waals surface area (Å²) in [6.07, 6.45) is 1.92. The number of nitrogens with zero attached hydrogens (tertiary/aromatic N) is 3. The highest BCUT2D eigenvalue weighted by Crippen LogP contribution is 2.31. The summed E-state index contributed by atoms with van der Waals surface area (Å²) < 4.78 is 5.29. The number of carbonyl (C=O) groups excluding carboxylic acids is 1. The number of benzene rings is 1. The van der Waals surface area contributed by atoms with Crippen LogP contribution < -0.4 is 4.74 Å². The van der Waals surface area contributed by atoms with Crippen LogP contribution in [0.5, 0.6) is 11.6 Å². The Labute approximate surface area is 113 Å². The van der Waals surface area contributed by atoms with E-state index in [9.17, 15) is 14.9 Å². The number of aldehydes is 1. The third-order valence-electron chi connectivity index (χ3n) is 2.39. The van der Waals surface area contributed by atoms with Crippen LogP contribution in [-0.4, -0.2) is 16.2 Å². The molecular formula is C13H7N3O4. The second-order valence-electron chi connectivity index (χ2n) is 3.70. The number of nitro benzene ring substituents is 1. The molecule has 7 nitrogen and oxygen atoms in total. The molecular weight excluding hydrogens is 262 g/mol. The van der Waals surface area contributed by atoms with Crippen molar-refractivity contribution in [3.63, 3.8) is 0 Å². The molecule has 0 bridgehead atoms. The normalized spacial score (nSPS) is 9.55. The number of hydrogen-bond donors (Lipinski definition) is 0. The molecule has 1 heterocycles. The quantitative estimate of drug-likeness (QED) is 0.479. The van der Waals surface area contributed by atoms with Gasteiger partial charge in [-0.2, -0.15) is 5.26 Å². The molecule has 0 saturated carbocycles. The van der Waals surface area contributed by atoms with Crippen LogP contribution in [-0.2, 0) is 0 Å². The molecule has 1 aromatic heterocycles. The van der Waals surface area contributed by atoms with Gasteiger partial charge in [0.1, 0.15) is 0 Å². The first-order chi connectivity index (χ1) is 9.63. The van der Waals surface area contributed by atoms with Gasteiger partial charge in [0, 0.05) is 23.9 Å². The lowest BCUT2D eigenvalue weighted by atomic mass is 10.2. The molecule has 1 aromatic carbocycles. The van der Waals surface area contributed by atoms with E-state index in [1.165, 1.54) is 30.5 Å². The molecule has 0 radical (unpaired) electrons. The Morgan fingerprint density at radius 1 is 1.35 bits per heavy atom. The zero-order valence-electron chi connectivity index (χ0n) is 10.0. The van der Waals surface area contributed by atoms with Crippen molar-refractivity contribution in [1.29, 1.82) is 5.26 Å². The summed E-state index contributed by atoms with van der Waals surface area (Å²) in [5, 5.41) is 19.7. The summed E-state index contributed by atoms with van der Waals surface area (Å²) in [6, 6.07) is 8.56. The van der Waals surface area contributed by atoms with Crippen LogP contribution in [0.3, 0.4) is 0 Å². The molecule has 0 atom stereocenters. The average molecular weight is 269 g/mol. The van der Waals surface area contributed by atoms with Crippen molar-refractivity contribution in [3.05, 3.63) is 57.8 Å². The van der Waals surface area contributed by atoms with Crippen LogP contribution in [0.1, 0.15) is 15.9 Å². The highest BCUT2D eigenvalue weighted by Gasteiger charge is 2.17. The van der Waals surface area contributed by atoms with Crippen molar-refractivity contribution in [1.82, 2.24) is 4.98 Å². The van der Waals surface area contributed by atoms with Crippen molar-refractivity contribution >= 4 is 12.0 Å². The number of rotatable bonds is 4. The maximum atomic E-state index is 10.9. The predicted molar refractivity (Wildman–Crippen MR) is 67.5 cm³/mol. The van der Waals surface area contributed by atoms with Gasteiger partial charge in [-0.3, -0.25) is 14.9 Å². The standard InChI is InChI=1S/C13H7N3O4/c14-6-9-1-3-12(11(5-9)16(18)19)20-13-4-2-10(8-17)7-15-13/h1-5,7-8H. The van der Waals surface area contributed by atoms with E-state index in [0.29, 0.717) is 11.8 Å². The molecule has 0 aliphatic heterocycles. The van der Waals surface area contributed by atoms with Gasteiger partial charge in [0.05, 0.1) is 16.6 Å². The topological polar surface area (TPSA) is 106 Å². The Morgan fingerprint density at radius 3 is 2.70 bits per heavy atom. The fraction of sp³-hybridized carbons (Fsp3) is 0. The van der Waals surface area contributed by atoms with Gasteiger partial charge < -0.3 is 4.74 Å². The molecule has 20 heavy (non-hydrogen) atoms. The summed E-state index contributed by atoms with van der Waals surface area (Å²) in [5.74, 6) is 0.0868. The van der Waals surface area contributed by atoms with E-state index in [2.05, 4.69) is 4.98 Å². The van der Waals surface area contributed by atoms with E-state index in [4.69, 9.17) is 10.00 Å². The summed E-state index contributed by atoms with van der Waals surface area (Å²) in [7, 11) is 0. The van der Waals surface area contributed by atoms with E-state index in [0.717, 1.165) is 6.07 Å². The Bertz CT molecular complexity index is 705. The Balaban J connectivity index is 2.34. The fourth-order valence-electron chi connectivity index (χ4n) is 1.45. The van der Waals surface area contributed by atoms with Gasteiger partial charge in [0.25, 0.3) is 0 Å². The first kappa shape index (κ1) is 13.2. The number of ether oxygens (including phenoxy) is 1. The van der Waals surface area contributed by atoms with Crippen molar-refractivity contribution in [2.75, 3.05) is 0 Å². The maximum absolute atomic E-state index is 10.9. The molecule has 0 aliphatic carbocycles. The SMILES string of the molecule is N#Cc1ccc(Oc2ccc(C=O)cn2)c([N+](=O)[O-])c1. The predicted octanol–water partition coefficient (Wildman–Crippen LogP) is 2.47. The number of aromatic nitrogens is 1. The van der Waals surface area contributed by atoms with Crippen molar-refractivity contribution in [3.8, 4) is 17.7 Å². The van der Waals surface area contributed by atoms with Crippen LogP contribution in [0.15, 0.2) is 36.5 Å². The smallest absolute Gasteiger partial charge is 0.312 e. The highest BCUT2D eigenvalue weighted by atomic mass is 16.6. The van der Waals surface area contributed by atoms with Crippen LogP contribution in [0.4, 0.5) is 5.69 Å². The maximum Gasteiger partial charge on any atom is 0.312 e. The summed E-state index contributed by atoms with van der Waals surface area (Å²) in [5.41, 5.74) is 0.199. The first-order valence-electron chi connectivity index (χ1n) is 5.41. The summed E-state index contributed by atoms with van der Waals surface area (Å²) in [6.45, 7) is 0. The fourth-order valence-corrected chi connectivity index (χ4v) is 1.45. The van der Waals surface area contributed by atoms with Gasteiger partial charge in [-0.25, -0.2) is 4.98 Å². The van der Waals surface area contributed by atoms with E-state index in [1.54, 1.807) is 0 Å².